The number of rotatable bonds is 7. The van der Waals surface area contributed by atoms with Crippen molar-refractivity contribution in [1.82, 2.24) is 5.32 Å². The van der Waals surface area contributed by atoms with Crippen LogP contribution in [-0.2, 0) is 14.4 Å². The summed E-state index contributed by atoms with van der Waals surface area (Å²) in [7, 11) is 1.55. The zero-order chi connectivity index (χ0) is 26.5. The molecule has 9 nitrogen and oxygen atoms in total. The van der Waals surface area contributed by atoms with Gasteiger partial charge in [-0.3, -0.25) is 19.7 Å². The second kappa shape index (κ2) is 11.2. The van der Waals surface area contributed by atoms with Crippen molar-refractivity contribution in [3.05, 3.63) is 87.9 Å². The summed E-state index contributed by atoms with van der Waals surface area (Å²) in [6.07, 6.45) is 1.32. The van der Waals surface area contributed by atoms with Crippen LogP contribution in [0.5, 0.6) is 11.5 Å². The molecule has 1 heterocycles. The number of carbonyl (C=O) groups excluding carboxylic acids is 4. The number of methoxy groups -OCH3 is 1. The first-order valence-corrected chi connectivity index (χ1v) is 11.5. The van der Waals surface area contributed by atoms with Crippen LogP contribution in [0.25, 0.3) is 6.08 Å². The molecule has 0 spiro atoms. The van der Waals surface area contributed by atoms with Gasteiger partial charge in [0.25, 0.3) is 17.7 Å². The highest BCUT2D eigenvalue weighted by atomic mass is 35.5. The van der Waals surface area contributed by atoms with Crippen molar-refractivity contribution in [1.29, 1.82) is 0 Å². The molecular weight excluding hydrogens is 521 g/mol. The minimum absolute atomic E-state index is 0.142. The number of urea groups is 1. The predicted molar refractivity (Wildman–Crippen MR) is 139 cm³/mol. The van der Waals surface area contributed by atoms with Crippen LogP contribution in [0.1, 0.15) is 5.56 Å². The molecule has 1 aliphatic heterocycles. The molecule has 11 heteroatoms. The molecule has 1 fully saturated rings. The lowest BCUT2D eigenvalue weighted by atomic mass is 10.1. The van der Waals surface area contributed by atoms with Crippen LogP contribution in [0.2, 0.25) is 10.0 Å². The highest BCUT2D eigenvalue weighted by molar-refractivity contribution is 6.43. The zero-order valence-corrected chi connectivity index (χ0v) is 20.8. The van der Waals surface area contributed by atoms with E-state index in [-0.39, 0.29) is 33.8 Å². The number of carbonyl (C=O) groups is 4. The van der Waals surface area contributed by atoms with Crippen molar-refractivity contribution in [2.24, 2.45) is 0 Å². The summed E-state index contributed by atoms with van der Waals surface area (Å²) < 4.78 is 10.6. The van der Waals surface area contributed by atoms with Gasteiger partial charge in [-0.25, -0.2) is 9.69 Å². The smallest absolute Gasteiger partial charge is 0.335 e. The maximum absolute atomic E-state index is 13.1. The first kappa shape index (κ1) is 25.7. The maximum atomic E-state index is 13.1. The van der Waals surface area contributed by atoms with Crippen LogP contribution in [0.3, 0.4) is 0 Å². The van der Waals surface area contributed by atoms with Gasteiger partial charge in [-0.15, -0.1) is 0 Å². The van der Waals surface area contributed by atoms with Gasteiger partial charge in [-0.05, 0) is 66.2 Å². The van der Waals surface area contributed by atoms with Gasteiger partial charge >= 0.3 is 6.03 Å². The van der Waals surface area contributed by atoms with E-state index in [9.17, 15) is 19.2 Å². The molecule has 5 amide bonds. The van der Waals surface area contributed by atoms with Gasteiger partial charge < -0.3 is 14.8 Å². The first-order valence-electron chi connectivity index (χ1n) is 10.8. The molecule has 3 aromatic carbocycles. The predicted octanol–water partition coefficient (Wildman–Crippen LogP) is 4.69. The Balaban J connectivity index is 1.47. The Kier molecular flexibility index (Phi) is 7.76. The van der Waals surface area contributed by atoms with Gasteiger partial charge in [0.1, 0.15) is 17.1 Å². The number of halogens is 2. The fourth-order valence-electron chi connectivity index (χ4n) is 3.40. The molecule has 0 unspecified atom stereocenters. The number of barbiturate groups is 1. The van der Waals surface area contributed by atoms with Gasteiger partial charge in [0.15, 0.2) is 6.61 Å². The fraction of sp³-hybridized carbons (Fsp3) is 0.0769. The molecule has 0 aromatic heterocycles. The van der Waals surface area contributed by atoms with Crippen LogP contribution >= 0.6 is 23.2 Å². The first-order chi connectivity index (χ1) is 17.7. The van der Waals surface area contributed by atoms with E-state index in [1.54, 1.807) is 55.6 Å². The normalized spacial score (nSPS) is 14.4. The molecule has 0 radical (unpaired) electrons. The molecule has 0 atom stereocenters. The van der Waals surface area contributed by atoms with Crippen molar-refractivity contribution in [2.45, 2.75) is 0 Å². The number of hydrogen-bond acceptors (Lipinski definition) is 6. The molecule has 188 valence electrons. The monoisotopic (exact) mass is 539 g/mol. The Labute approximate surface area is 221 Å². The molecule has 3 aromatic rings. The molecule has 0 saturated carbocycles. The van der Waals surface area contributed by atoms with Crippen molar-refractivity contribution in [3.8, 4) is 11.5 Å². The van der Waals surface area contributed by atoms with Crippen LogP contribution in [0, 0.1) is 0 Å². The Morgan fingerprint density at radius 1 is 0.973 bits per heavy atom. The van der Waals surface area contributed by atoms with Crippen molar-refractivity contribution >= 4 is 64.4 Å². The number of nitrogens with one attached hydrogen (secondary N) is 2. The third kappa shape index (κ3) is 6.08. The van der Waals surface area contributed by atoms with Crippen molar-refractivity contribution < 1.29 is 28.7 Å². The van der Waals surface area contributed by atoms with E-state index in [1.165, 1.54) is 24.3 Å². The topological polar surface area (TPSA) is 114 Å². The van der Waals surface area contributed by atoms with Crippen molar-refractivity contribution in [3.63, 3.8) is 0 Å². The zero-order valence-electron chi connectivity index (χ0n) is 19.3. The van der Waals surface area contributed by atoms with E-state index in [0.717, 1.165) is 4.90 Å². The number of benzene rings is 3. The SMILES string of the molecule is COc1ccc(NC(=O)COc2cccc(/C=C3/C(=O)NC(=O)N(c4ccc(Cl)c(Cl)c4)C3=O)c2)cc1. The molecule has 2 N–H and O–H groups in total. The Hall–Kier alpha value is -4.34. The molecule has 0 aliphatic carbocycles. The van der Waals surface area contributed by atoms with Gasteiger partial charge in [0, 0.05) is 5.69 Å². The average Bonchev–Trinajstić information content (AvgIpc) is 2.88. The van der Waals surface area contributed by atoms with E-state index in [1.807, 2.05) is 0 Å². The van der Waals surface area contributed by atoms with Crippen molar-refractivity contribution in [2.75, 3.05) is 23.9 Å². The second-order valence-electron chi connectivity index (χ2n) is 7.69. The third-order valence-electron chi connectivity index (χ3n) is 5.18. The lowest BCUT2D eigenvalue weighted by Crippen LogP contribution is -2.54. The minimum Gasteiger partial charge on any atom is -0.497 e. The van der Waals surface area contributed by atoms with E-state index >= 15 is 0 Å². The third-order valence-corrected chi connectivity index (χ3v) is 5.91. The summed E-state index contributed by atoms with van der Waals surface area (Å²) in [4.78, 5) is 50.9. The van der Waals surface area contributed by atoms with Gasteiger partial charge in [0.05, 0.1) is 22.8 Å². The summed E-state index contributed by atoms with van der Waals surface area (Å²) in [5, 5.41) is 5.23. The number of amides is 5. The standard InChI is InChI=1S/C26H19Cl2N3O6/c1-36-18-8-5-16(6-9-18)29-23(32)14-37-19-4-2-3-15(11-19)12-20-24(33)30-26(35)31(25(20)34)17-7-10-21(27)22(28)13-17/h2-13H,14H2,1H3,(H,29,32)(H,30,33,35)/b20-12-. The van der Waals surface area contributed by atoms with E-state index < -0.39 is 17.8 Å². The Bertz CT molecular complexity index is 1420. The minimum atomic E-state index is -0.912. The number of nitrogens with zero attached hydrogens (tertiary/aromatic N) is 1. The number of anilines is 2. The van der Waals surface area contributed by atoms with Crippen LogP contribution in [0.4, 0.5) is 16.2 Å². The largest absolute Gasteiger partial charge is 0.497 e. The van der Waals surface area contributed by atoms with E-state index in [2.05, 4.69) is 10.6 Å². The quantitative estimate of drug-likeness (QED) is 0.332. The molecule has 37 heavy (non-hydrogen) atoms. The molecule has 4 rings (SSSR count). The molecular formula is C26H19Cl2N3O6. The maximum Gasteiger partial charge on any atom is 0.335 e. The number of imide groups is 2. The molecule has 1 aliphatic rings. The van der Waals surface area contributed by atoms with E-state index in [4.69, 9.17) is 32.7 Å². The highest BCUT2D eigenvalue weighted by Gasteiger charge is 2.37. The lowest BCUT2D eigenvalue weighted by molar-refractivity contribution is -0.122. The van der Waals surface area contributed by atoms with Gasteiger partial charge in [-0.1, -0.05) is 35.3 Å². The summed E-state index contributed by atoms with van der Waals surface area (Å²) in [5.74, 6) is -1.07. The summed E-state index contributed by atoms with van der Waals surface area (Å²) in [6.45, 7) is -0.273. The average molecular weight is 540 g/mol. The molecule has 0 bridgehead atoms. The fourth-order valence-corrected chi connectivity index (χ4v) is 3.69. The number of hydrogen-bond donors (Lipinski definition) is 2. The number of ether oxygens (including phenoxy) is 2. The van der Waals surface area contributed by atoms with Crippen LogP contribution < -0.4 is 25.0 Å². The second-order valence-corrected chi connectivity index (χ2v) is 8.51. The van der Waals surface area contributed by atoms with Crippen LogP contribution in [0.15, 0.2) is 72.3 Å². The lowest BCUT2D eigenvalue weighted by Gasteiger charge is -2.26. The Morgan fingerprint density at radius 3 is 2.43 bits per heavy atom. The van der Waals surface area contributed by atoms with Crippen LogP contribution in [-0.4, -0.2) is 37.5 Å². The van der Waals surface area contributed by atoms with E-state index in [0.29, 0.717) is 22.7 Å². The van der Waals surface area contributed by atoms with Gasteiger partial charge in [0.2, 0.25) is 0 Å². The highest BCUT2D eigenvalue weighted by Crippen LogP contribution is 2.29. The summed E-state index contributed by atoms with van der Waals surface area (Å²) in [5.41, 5.74) is 0.890. The molecule has 1 saturated heterocycles. The van der Waals surface area contributed by atoms with Gasteiger partial charge in [-0.2, -0.15) is 0 Å². The summed E-state index contributed by atoms with van der Waals surface area (Å²) >= 11 is 11.9. The Morgan fingerprint density at radius 2 is 1.73 bits per heavy atom. The summed E-state index contributed by atoms with van der Waals surface area (Å²) in [6, 6.07) is 16.6.